The van der Waals surface area contributed by atoms with Gasteiger partial charge in [0.2, 0.25) is 10.0 Å². The van der Waals surface area contributed by atoms with E-state index in [9.17, 15) is 18.3 Å². The van der Waals surface area contributed by atoms with Crippen LogP contribution in [-0.4, -0.2) is 44.0 Å². The van der Waals surface area contributed by atoms with Crippen molar-refractivity contribution in [3.05, 3.63) is 59.7 Å². The number of aromatic carboxylic acids is 1. The fourth-order valence-electron chi connectivity index (χ4n) is 3.22. The highest BCUT2D eigenvalue weighted by molar-refractivity contribution is 7.89. The third kappa shape index (κ3) is 3.25. The van der Waals surface area contributed by atoms with E-state index in [0.717, 1.165) is 0 Å². The maximum Gasteiger partial charge on any atom is 0.335 e. The lowest BCUT2D eigenvalue weighted by atomic mass is 9.93. The molecule has 132 valence electrons. The normalized spacial score (nSPS) is 18.2. The van der Waals surface area contributed by atoms with Gasteiger partial charge in [-0.2, -0.15) is 4.31 Å². The quantitative estimate of drug-likeness (QED) is 0.885. The molecule has 1 aliphatic heterocycles. The van der Waals surface area contributed by atoms with Gasteiger partial charge in [-0.3, -0.25) is 0 Å². The maximum atomic E-state index is 12.9. The van der Waals surface area contributed by atoms with Gasteiger partial charge in [0.1, 0.15) is 10.6 Å². The Labute approximate surface area is 146 Å². The smallest absolute Gasteiger partial charge is 0.335 e. The molecule has 1 aliphatic rings. The Hall–Kier alpha value is -2.38. The SMILES string of the molecule is COc1ccccc1S(=O)(=O)N1CC[C@@H](c2ccccc2C(=O)O)C1. The molecule has 0 amide bonds. The molecule has 3 rings (SSSR count). The van der Waals surface area contributed by atoms with Gasteiger partial charge in [-0.1, -0.05) is 30.3 Å². The monoisotopic (exact) mass is 361 g/mol. The van der Waals surface area contributed by atoms with Crippen molar-refractivity contribution in [1.82, 2.24) is 4.31 Å². The molecule has 1 saturated heterocycles. The molecule has 6 nitrogen and oxygen atoms in total. The molecular formula is C18H19NO5S. The summed E-state index contributed by atoms with van der Waals surface area (Å²) in [6.45, 7) is 0.601. The Morgan fingerprint density at radius 1 is 1.16 bits per heavy atom. The minimum Gasteiger partial charge on any atom is -0.495 e. The van der Waals surface area contributed by atoms with E-state index in [0.29, 0.717) is 24.3 Å². The summed E-state index contributed by atoms with van der Waals surface area (Å²) in [5.74, 6) is -0.838. The van der Waals surface area contributed by atoms with Crippen molar-refractivity contribution in [2.75, 3.05) is 20.2 Å². The highest BCUT2D eigenvalue weighted by atomic mass is 32.2. The van der Waals surface area contributed by atoms with E-state index in [-0.39, 0.29) is 22.9 Å². The summed E-state index contributed by atoms with van der Waals surface area (Å²) in [5.41, 5.74) is 0.900. The Balaban J connectivity index is 1.89. The predicted molar refractivity (Wildman–Crippen MR) is 92.5 cm³/mol. The van der Waals surface area contributed by atoms with E-state index >= 15 is 0 Å². The number of para-hydroxylation sites is 1. The van der Waals surface area contributed by atoms with Crippen molar-refractivity contribution in [3.8, 4) is 5.75 Å². The van der Waals surface area contributed by atoms with Crippen LogP contribution in [0.25, 0.3) is 0 Å². The van der Waals surface area contributed by atoms with E-state index in [2.05, 4.69) is 0 Å². The number of benzene rings is 2. The van der Waals surface area contributed by atoms with Gasteiger partial charge in [0.25, 0.3) is 0 Å². The number of nitrogens with zero attached hydrogens (tertiary/aromatic N) is 1. The van der Waals surface area contributed by atoms with E-state index in [1.165, 1.54) is 17.5 Å². The average molecular weight is 361 g/mol. The van der Waals surface area contributed by atoms with Gasteiger partial charge in [0, 0.05) is 13.1 Å². The third-order valence-corrected chi connectivity index (χ3v) is 6.37. The molecule has 2 aromatic rings. The minimum absolute atomic E-state index is 0.129. The maximum absolute atomic E-state index is 12.9. The van der Waals surface area contributed by atoms with Crippen LogP contribution >= 0.6 is 0 Å². The van der Waals surface area contributed by atoms with Gasteiger partial charge in [-0.25, -0.2) is 13.2 Å². The fourth-order valence-corrected chi connectivity index (χ4v) is 4.88. The number of hydrogen-bond donors (Lipinski definition) is 1. The summed E-state index contributed by atoms with van der Waals surface area (Å²) in [6, 6.07) is 13.3. The Bertz CT molecular complexity index is 894. The first-order chi connectivity index (χ1) is 11.9. The van der Waals surface area contributed by atoms with Crippen molar-refractivity contribution in [1.29, 1.82) is 0 Å². The zero-order valence-electron chi connectivity index (χ0n) is 13.8. The molecule has 0 radical (unpaired) electrons. The van der Waals surface area contributed by atoms with Crippen molar-refractivity contribution in [3.63, 3.8) is 0 Å². The van der Waals surface area contributed by atoms with Crippen molar-refractivity contribution in [2.24, 2.45) is 0 Å². The molecule has 7 heteroatoms. The Morgan fingerprint density at radius 3 is 2.56 bits per heavy atom. The summed E-state index contributed by atoms with van der Waals surface area (Å²) >= 11 is 0. The van der Waals surface area contributed by atoms with Crippen LogP contribution in [0.1, 0.15) is 28.3 Å². The summed E-state index contributed by atoms with van der Waals surface area (Å²) in [6.07, 6.45) is 0.582. The van der Waals surface area contributed by atoms with Crippen LogP contribution in [0.3, 0.4) is 0 Å². The summed E-state index contributed by atoms with van der Waals surface area (Å²) in [5, 5.41) is 9.35. The molecule has 0 spiro atoms. The van der Waals surface area contributed by atoms with Crippen molar-refractivity contribution < 1.29 is 23.1 Å². The van der Waals surface area contributed by atoms with Gasteiger partial charge in [0.15, 0.2) is 0 Å². The predicted octanol–water partition coefficient (Wildman–Crippen LogP) is 2.57. The lowest BCUT2D eigenvalue weighted by Crippen LogP contribution is -2.29. The molecule has 0 unspecified atom stereocenters. The average Bonchev–Trinajstić information content (AvgIpc) is 3.12. The molecule has 0 saturated carbocycles. The largest absolute Gasteiger partial charge is 0.495 e. The van der Waals surface area contributed by atoms with Crippen molar-refractivity contribution >= 4 is 16.0 Å². The molecule has 0 aliphatic carbocycles. The number of carboxylic acids is 1. The van der Waals surface area contributed by atoms with E-state index in [1.54, 1.807) is 42.5 Å². The van der Waals surface area contributed by atoms with Crippen LogP contribution < -0.4 is 4.74 Å². The molecule has 1 heterocycles. The summed E-state index contributed by atoms with van der Waals surface area (Å²) in [4.78, 5) is 11.5. The number of methoxy groups -OCH3 is 1. The highest BCUT2D eigenvalue weighted by Gasteiger charge is 2.35. The van der Waals surface area contributed by atoms with E-state index in [1.807, 2.05) is 0 Å². The molecule has 0 bridgehead atoms. The molecule has 2 aromatic carbocycles. The first-order valence-corrected chi connectivity index (χ1v) is 9.34. The standard InChI is InChI=1S/C18H19NO5S/c1-24-16-8-4-5-9-17(16)25(22,23)19-11-10-13(12-19)14-6-2-3-7-15(14)18(20)21/h2-9,13H,10-12H2,1H3,(H,20,21)/t13-/m1/s1. The Morgan fingerprint density at radius 2 is 1.84 bits per heavy atom. The second-order valence-corrected chi connectivity index (χ2v) is 7.80. The van der Waals surface area contributed by atoms with Crippen LogP contribution in [-0.2, 0) is 10.0 Å². The van der Waals surface area contributed by atoms with Crippen LogP contribution in [0.2, 0.25) is 0 Å². The van der Waals surface area contributed by atoms with Gasteiger partial charge >= 0.3 is 5.97 Å². The summed E-state index contributed by atoms with van der Waals surface area (Å²) in [7, 11) is -2.26. The van der Waals surface area contributed by atoms with Gasteiger partial charge in [0.05, 0.1) is 12.7 Å². The zero-order chi connectivity index (χ0) is 18.0. The molecule has 25 heavy (non-hydrogen) atoms. The summed E-state index contributed by atoms with van der Waals surface area (Å²) < 4.78 is 32.4. The zero-order valence-corrected chi connectivity index (χ0v) is 14.6. The first kappa shape index (κ1) is 17.4. The number of carboxylic acid groups (broad SMARTS) is 1. The van der Waals surface area contributed by atoms with Crippen LogP contribution in [0.15, 0.2) is 53.4 Å². The lowest BCUT2D eigenvalue weighted by molar-refractivity contribution is 0.0695. The number of carbonyl (C=O) groups is 1. The number of sulfonamides is 1. The molecule has 1 atom stereocenters. The van der Waals surface area contributed by atoms with Crippen LogP contribution in [0.4, 0.5) is 0 Å². The third-order valence-electron chi connectivity index (χ3n) is 4.47. The van der Waals surface area contributed by atoms with E-state index < -0.39 is 16.0 Å². The number of rotatable bonds is 5. The fraction of sp³-hybridized carbons (Fsp3) is 0.278. The number of ether oxygens (including phenoxy) is 1. The highest BCUT2D eigenvalue weighted by Crippen LogP contribution is 2.35. The molecule has 1 fully saturated rings. The van der Waals surface area contributed by atoms with Gasteiger partial charge in [-0.15, -0.1) is 0 Å². The van der Waals surface area contributed by atoms with E-state index in [4.69, 9.17) is 4.74 Å². The Kier molecular flexibility index (Phi) is 4.78. The molecule has 0 aromatic heterocycles. The topological polar surface area (TPSA) is 83.9 Å². The molecule has 1 N–H and O–H groups in total. The van der Waals surface area contributed by atoms with Gasteiger partial charge in [-0.05, 0) is 36.1 Å². The van der Waals surface area contributed by atoms with Crippen LogP contribution in [0, 0.1) is 0 Å². The second-order valence-electron chi connectivity index (χ2n) is 5.89. The van der Waals surface area contributed by atoms with Gasteiger partial charge < -0.3 is 9.84 Å². The van der Waals surface area contributed by atoms with Crippen LogP contribution in [0.5, 0.6) is 5.75 Å². The first-order valence-electron chi connectivity index (χ1n) is 7.90. The number of hydrogen-bond acceptors (Lipinski definition) is 4. The van der Waals surface area contributed by atoms with Crippen molar-refractivity contribution in [2.45, 2.75) is 17.2 Å². The lowest BCUT2D eigenvalue weighted by Gasteiger charge is -2.19. The molecular weight excluding hydrogens is 342 g/mol. The minimum atomic E-state index is -3.69. The second kappa shape index (κ2) is 6.85.